The predicted molar refractivity (Wildman–Crippen MR) is 86.7 cm³/mol. The zero-order chi connectivity index (χ0) is 16.9. The number of nitrogens with zero attached hydrogens (tertiary/aromatic N) is 2. The van der Waals surface area contributed by atoms with Crippen molar-refractivity contribution in [1.29, 1.82) is 0 Å². The lowest BCUT2D eigenvalue weighted by molar-refractivity contribution is 0.0951. The fraction of sp³-hybridized carbons (Fsp3) is 0.118. The molecule has 0 saturated heterocycles. The van der Waals surface area contributed by atoms with Gasteiger partial charge in [-0.05, 0) is 30.3 Å². The molecule has 0 bridgehead atoms. The molecule has 0 aliphatic heterocycles. The smallest absolute Gasteiger partial charge is 0.254 e. The van der Waals surface area contributed by atoms with E-state index in [0.717, 1.165) is 0 Å². The molecule has 0 aliphatic carbocycles. The van der Waals surface area contributed by atoms with Crippen molar-refractivity contribution in [1.82, 2.24) is 15.3 Å². The summed E-state index contributed by atoms with van der Waals surface area (Å²) < 4.78 is 26.9. The lowest BCUT2D eigenvalue weighted by Gasteiger charge is -2.09. The quantitative estimate of drug-likeness (QED) is 0.707. The van der Waals surface area contributed by atoms with Gasteiger partial charge in [0.05, 0.1) is 11.1 Å². The Morgan fingerprint density at radius 2 is 1.88 bits per heavy atom. The van der Waals surface area contributed by atoms with Gasteiger partial charge in [-0.15, -0.1) is 0 Å². The molecule has 0 saturated carbocycles. The summed E-state index contributed by atoms with van der Waals surface area (Å²) in [5.41, 5.74) is 0.608. The lowest BCUT2D eigenvalue weighted by Crippen LogP contribution is -2.29. The van der Waals surface area contributed by atoms with Gasteiger partial charge < -0.3 is 10.6 Å². The van der Waals surface area contributed by atoms with Gasteiger partial charge in [-0.1, -0.05) is 12.1 Å². The second-order valence-corrected chi connectivity index (χ2v) is 5.05. The number of hydrogen-bond acceptors (Lipinski definition) is 4. The lowest BCUT2D eigenvalue weighted by atomic mass is 10.2. The van der Waals surface area contributed by atoms with Gasteiger partial charge in [0.15, 0.2) is 0 Å². The van der Waals surface area contributed by atoms with Crippen LogP contribution in [0.15, 0.2) is 48.8 Å². The first-order valence-electron chi connectivity index (χ1n) is 7.32. The van der Waals surface area contributed by atoms with E-state index < -0.39 is 11.7 Å². The maximum atomic E-state index is 13.5. The third kappa shape index (κ3) is 3.45. The molecule has 24 heavy (non-hydrogen) atoms. The standard InChI is InChI=1S/C17H14F2N4O/c18-11-5-6-15-13(9-11)16(23-10-22-15)20-7-8-21-17(24)12-3-1-2-4-14(12)19/h1-6,9-10H,7-8H2,(H,21,24)(H,20,22,23). The predicted octanol–water partition coefficient (Wildman–Crippen LogP) is 2.75. The van der Waals surface area contributed by atoms with E-state index in [1.807, 2.05) is 0 Å². The van der Waals surface area contributed by atoms with Crippen molar-refractivity contribution < 1.29 is 13.6 Å². The van der Waals surface area contributed by atoms with Crippen LogP contribution < -0.4 is 10.6 Å². The molecule has 0 atom stereocenters. The van der Waals surface area contributed by atoms with Gasteiger partial charge in [0.1, 0.15) is 23.8 Å². The van der Waals surface area contributed by atoms with Gasteiger partial charge in [-0.25, -0.2) is 18.7 Å². The van der Waals surface area contributed by atoms with Crippen molar-refractivity contribution in [2.75, 3.05) is 18.4 Å². The van der Waals surface area contributed by atoms with E-state index in [4.69, 9.17) is 0 Å². The van der Waals surface area contributed by atoms with Crippen LogP contribution >= 0.6 is 0 Å². The van der Waals surface area contributed by atoms with Crippen LogP contribution in [-0.2, 0) is 0 Å². The van der Waals surface area contributed by atoms with Gasteiger partial charge in [0.25, 0.3) is 5.91 Å². The largest absolute Gasteiger partial charge is 0.368 e. The molecule has 1 aromatic heterocycles. The Kier molecular flexibility index (Phi) is 4.60. The molecule has 0 aliphatic rings. The Hall–Kier alpha value is -3.09. The molecule has 2 aromatic carbocycles. The topological polar surface area (TPSA) is 66.9 Å². The van der Waals surface area contributed by atoms with Crippen molar-refractivity contribution in [2.45, 2.75) is 0 Å². The number of halogens is 2. The Balaban J connectivity index is 1.60. The molecule has 0 unspecified atom stereocenters. The van der Waals surface area contributed by atoms with E-state index in [-0.39, 0.29) is 17.9 Å². The molecule has 0 radical (unpaired) electrons. The van der Waals surface area contributed by atoms with Crippen molar-refractivity contribution in [3.05, 3.63) is 66.0 Å². The van der Waals surface area contributed by atoms with E-state index in [1.165, 1.54) is 36.7 Å². The summed E-state index contributed by atoms with van der Waals surface area (Å²) in [7, 11) is 0. The number of carbonyl (C=O) groups excluding carboxylic acids is 1. The molecule has 2 N–H and O–H groups in total. The maximum absolute atomic E-state index is 13.5. The minimum atomic E-state index is -0.569. The van der Waals surface area contributed by atoms with E-state index in [0.29, 0.717) is 23.3 Å². The summed E-state index contributed by atoms with van der Waals surface area (Å²) in [6, 6.07) is 10.00. The molecule has 0 spiro atoms. The van der Waals surface area contributed by atoms with Crippen LogP contribution in [0.1, 0.15) is 10.4 Å². The third-order valence-corrected chi connectivity index (χ3v) is 3.42. The number of aromatic nitrogens is 2. The van der Waals surface area contributed by atoms with Crippen molar-refractivity contribution in [2.24, 2.45) is 0 Å². The van der Waals surface area contributed by atoms with E-state index in [1.54, 1.807) is 12.1 Å². The van der Waals surface area contributed by atoms with E-state index in [9.17, 15) is 13.6 Å². The summed E-state index contributed by atoms with van der Waals surface area (Å²) in [6.45, 7) is 0.608. The van der Waals surface area contributed by atoms with Crippen LogP contribution in [0, 0.1) is 11.6 Å². The Bertz CT molecular complexity index is 885. The number of amides is 1. The molecule has 0 fully saturated rings. The van der Waals surface area contributed by atoms with Crippen LogP contribution in [-0.4, -0.2) is 29.0 Å². The molecule has 1 heterocycles. The van der Waals surface area contributed by atoms with Gasteiger partial charge in [0, 0.05) is 18.5 Å². The Morgan fingerprint density at radius 3 is 2.71 bits per heavy atom. The highest BCUT2D eigenvalue weighted by molar-refractivity contribution is 5.94. The Labute approximate surface area is 136 Å². The zero-order valence-electron chi connectivity index (χ0n) is 12.6. The second-order valence-electron chi connectivity index (χ2n) is 5.05. The van der Waals surface area contributed by atoms with Gasteiger partial charge in [0.2, 0.25) is 0 Å². The highest BCUT2D eigenvalue weighted by Gasteiger charge is 2.10. The summed E-state index contributed by atoms with van der Waals surface area (Å²) in [5.74, 6) is -0.971. The van der Waals surface area contributed by atoms with E-state index >= 15 is 0 Å². The fourth-order valence-electron chi connectivity index (χ4n) is 2.27. The number of hydrogen-bond donors (Lipinski definition) is 2. The SMILES string of the molecule is O=C(NCCNc1ncnc2ccc(F)cc12)c1ccccc1F. The fourth-order valence-corrected chi connectivity index (χ4v) is 2.27. The number of benzene rings is 2. The number of rotatable bonds is 5. The number of anilines is 1. The third-order valence-electron chi connectivity index (χ3n) is 3.42. The maximum Gasteiger partial charge on any atom is 0.254 e. The van der Waals surface area contributed by atoms with Crippen LogP contribution in [0.5, 0.6) is 0 Å². The van der Waals surface area contributed by atoms with Crippen LogP contribution in [0.2, 0.25) is 0 Å². The summed E-state index contributed by atoms with van der Waals surface area (Å²) >= 11 is 0. The minimum Gasteiger partial charge on any atom is -0.368 e. The van der Waals surface area contributed by atoms with Crippen molar-refractivity contribution in [3.8, 4) is 0 Å². The number of nitrogens with one attached hydrogen (secondary N) is 2. The summed E-state index contributed by atoms with van der Waals surface area (Å²) in [5, 5.41) is 6.17. The first-order valence-corrected chi connectivity index (χ1v) is 7.32. The van der Waals surface area contributed by atoms with E-state index in [2.05, 4.69) is 20.6 Å². The van der Waals surface area contributed by atoms with Gasteiger partial charge >= 0.3 is 0 Å². The monoisotopic (exact) mass is 328 g/mol. The minimum absolute atomic E-state index is 0.00735. The van der Waals surface area contributed by atoms with Crippen molar-refractivity contribution >= 4 is 22.6 Å². The summed E-state index contributed by atoms with van der Waals surface area (Å²) in [6.07, 6.45) is 1.38. The second kappa shape index (κ2) is 6.99. The highest BCUT2D eigenvalue weighted by atomic mass is 19.1. The molecule has 3 aromatic rings. The Morgan fingerprint density at radius 1 is 1.04 bits per heavy atom. The van der Waals surface area contributed by atoms with Gasteiger partial charge in [-0.2, -0.15) is 0 Å². The molecule has 3 rings (SSSR count). The molecular weight excluding hydrogens is 314 g/mol. The molecule has 5 nitrogen and oxygen atoms in total. The summed E-state index contributed by atoms with van der Waals surface area (Å²) in [4.78, 5) is 20.0. The number of fused-ring (bicyclic) bond motifs is 1. The molecule has 1 amide bonds. The van der Waals surface area contributed by atoms with Crippen molar-refractivity contribution in [3.63, 3.8) is 0 Å². The van der Waals surface area contributed by atoms with Crippen LogP contribution in [0.3, 0.4) is 0 Å². The normalized spacial score (nSPS) is 10.6. The first-order chi connectivity index (χ1) is 11.6. The van der Waals surface area contributed by atoms with Crippen LogP contribution in [0.25, 0.3) is 10.9 Å². The molecular formula is C17H14F2N4O. The molecule has 7 heteroatoms. The highest BCUT2D eigenvalue weighted by Crippen LogP contribution is 2.19. The molecule has 122 valence electrons. The average molecular weight is 328 g/mol. The zero-order valence-corrected chi connectivity index (χ0v) is 12.6. The first kappa shape index (κ1) is 15.8. The average Bonchev–Trinajstić information content (AvgIpc) is 2.59. The van der Waals surface area contributed by atoms with Gasteiger partial charge in [-0.3, -0.25) is 4.79 Å². The number of carbonyl (C=O) groups is 1. The van der Waals surface area contributed by atoms with Crippen LogP contribution in [0.4, 0.5) is 14.6 Å².